The van der Waals surface area contributed by atoms with Gasteiger partial charge in [0.15, 0.2) is 0 Å². The van der Waals surface area contributed by atoms with Crippen molar-refractivity contribution in [3.8, 4) is 0 Å². The van der Waals surface area contributed by atoms with Crippen molar-refractivity contribution in [3.05, 3.63) is 27.8 Å². The first kappa shape index (κ1) is 8.72. The highest BCUT2D eigenvalue weighted by Gasteiger charge is 2.04. The summed E-state index contributed by atoms with van der Waals surface area (Å²) in [4.78, 5) is 7.94. The second-order valence-electron chi connectivity index (χ2n) is 2.52. The highest BCUT2D eigenvalue weighted by molar-refractivity contribution is 9.10. The van der Waals surface area contributed by atoms with Crippen molar-refractivity contribution in [2.24, 2.45) is 0 Å². The molecule has 2 rings (SSSR count). The van der Waals surface area contributed by atoms with Crippen LogP contribution < -0.4 is 5.73 Å². The number of rotatable bonds is 0. The van der Waals surface area contributed by atoms with Crippen LogP contribution in [0.2, 0.25) is 5.02 Å². The molecule has 66 valence electrons. The third-order valence-corrected chi connectivity index (χ3v) is 3.07. The lowest BCUT2D eigenvalue weighted by molar-refractivity contribution is 1.24. The van der Waals surface area contributed by atoms with Gasteiger partial charge >= 0.3 is 0 Å². The first-order chi connectivity index (χ1) is 6.18. The first-order valence-electron chi connectivity index (χ1n) is 3.55. The Morgan fingerprint density at radius 2 is 2.15 bits per heavy atom. The topological polar surface area (TPSA) is 51.8 Å². The Balaban J connectivity index is 2.87. The molecular formula is C8H5BrClN3. The summed E-state index contributed by atoms with van der Waals surface area (Å²) >= 11 is 9.25. The summed E-state index contributed by atoms with van der Waals surface area (Å²) in [7, 11) is 0. The minimum Gasteiger partial charge on any atom is -0.368 e. The molecule has 2 aromatic rings. The van der Waals surface area contributed by atoms with Crippen LogP contribution in [-0.2, 0) is 0 Å². The predicted molar refractivity (Wildman–Crippen MR) is 56.7 cm³/mol. The van der Waals surface area contributed by atoms with Gasteiger partial charge in [0.2, 0.25) is 5.95 Å². The van der Waals surface area contributed by atoms with Gasteiger partial charge in [0.1, 0.15) is 0 Å². The SMILES string of the molecule is Nc1ncc2c(Br)c(Cl)ccc2n1. The number of anilines is 1. The fourth-order valence-corrected chi connectivity index (χ4v) is 1.66. The lowest BCUT2D eigenvalue weighted by Gasteiger charge is -2.01. The lowest BCUT2D eigenvalue weighted by atomic mass is 10.2. The molecule has 0 fully saturated rings. The molecule has 0 saturated heterocycles. The smallest absolute Gasteiger partial charge is 0.220 e. The Bertz CT molecular complexity index is 472. The molecule has 0 atom stereocenters. The Morgan fingerprint density at radius 3 is 2.92 bits per heavy atom. The summed E-state index contributed by atoms with van der Waals surface area (Å²) in [5.74, 6) is 0.265. The second kappa shape index (κ2) is 3.12. The van der Waals surface area contributed by atoms with Crippen LogP contribution in [0.25, 0.3) is 10.9 Å². The zero-order valence-electron chi connectivity index (χ0n) is 6.46. The van der Waals surface area contributed by atoms with Crippen molar-refractivity contribution in [1.82, 2.24) is 9.97 Å². The molecule has 0 radical (unpaired) electrons. The third-order valence-electron chi connectivity index (χ3n) is 1.67. The van der Waals surface area contributed by atoms with Gasteiger partial charge in [-0.25, -0.2) is 9.97 Å². The molecule has 0 unspecified atom stereocenters. The number of nitrogens with zero attached hydrogens (tertiary/aromatic N) is 2. The number of benzene rings is 1. The third kappa shape index (κ3) is 1.47. The van der Waals surface area contributed by atoms with Gasteiger partial charge in [-0.05, 0) is 28.1 Å². The number of hydrogen-bond acceptors (Lipinski definition) is 3. The van der Waals surface area contributed by atoms with E-state index in [9.17, 15) is 0 Å². The number of fused-ring (bicyclic) bond motifs is 1. The van der Waals surface area contributed by atoms with Crippen molar-refractivity contribution in [1.29, 1.82) is 0 Å². The van der Waals surface area contributed by atoms with Gasteiger partial charge in [-0.1, -0.05) is 11.6 Å². The molecule has 0 aliphatic rings. The zero-order valence-corrected chi connectivity index (χ0v) is 8.80. The molecule has 0 spiro atoms. The number of nitrogen functional groups attached to an aromatic ring is 1. The van der Waals surface area contributed by atoms with Crippen LogP contribution in [0.15, 0.2) is 22.8 Å². The van der Waals surface area contributed by atoms with Gasteiger partial charge in [0.25, 0.3) is 0 Å². The van der Waals surface area contributed by atoms with Crippen LogP contribution in [0.3, 0.4) is 0 Å². The van der Waals surface area contributed by atoms with Crippen molar-refractivity contribution in [2.75, 3.05) is 5.73 Å². The highest BCUT2D eigenvalue weighted by Crippen LogP contribution is 2.29. The molecular weight excluding hydrogens is 253 g/mol. The molecule has 1 heterocycles. The largest absolute Gasteiger partial charge is 0.368 e. The quantitative estimate of drug-likeness (QED) is 0.790. The molecule has 0 bridgehead atoms. The Hall–Kier alpha value is -0.870. The van der Waals surface area contributed by atoms with E-state index in [0.717, 1.165) is 15.4 Å². The van der Waals surface area contributed by atoms with Crippen LogP contribution in [-0.4, -0.2) is 9.97 Å². The Labute approximate surface area is 88.1 Å². The summed E-state index contributed by atoms with van der Waals surface area (Å²) in [5, 5.41) is 1.50. The summed E-state index contributed by atoms with van der Waals surface area (Å²) in [6.45, 7) is 0. The van der Waals surface area contributed by atoms with Crippen molar-refractivity contribution >= 4 is 44.4 Å². The maximum atomic E-state index is 5.89. The summed E-state index contributed by atoms with van der Waals surface area (Å²) in [5.41, 5.74) is 6.22. The first-order valence-corrected chi connectivity index (χ1v) is 4.72. The molecule has 5 heteroatoms. The average Bonchev–Trinajstić information content (AvgIpc) is 2.12. The molecule has 2 N–H and O–H groups in total. The fourth-order valence-electron chi connectivity index (χ4n) is 1.06. The van der Waals surface area contributed by atoms with Gasteiger partial charge in [-0.15, -0.1) is 0 Å². The van der Waals surface area contributed by atoms with E-state index in [1.807, 2.05) is 0 Å². The Kier molecular flexibility index (Phi) is 2.09. The van der Waals surface area contributed by atoms with Crippen LogP contribution in [0.5, 0.6) is 0 Å². The molecule has 0 aliphatic heterocycles. The zero-order chi connectivity index (χ0) is 9.42. The summed E-state index contributed by atoms with van der Waals surface area (Å²) < 4.78 is 0.798. The van der Waals surface area contributed by atoms with E-state index in [1.165, 1.54) is 0 Å². The van der Waals surface area contributed by atoms with Crippen LogP contribution >= 0.6 is 27.5 Å². The van der Waals surface area contributed by atoms with E-state index in [2.05, 4.69) is 25.9 Å². The van der Waals surface area contributed by atoms with Gasteiger partial charge in [-0.3, -0.25) is 0 Å². The van der Waals surface area contributed by atoms with Crippen LogP contribution in [0.1, 0.15) is 0 Å². The van der Waals surface area contributed by atoms with E-state index in [-0.39, 0.29) is 5.95 Å². The molecule has 0 amide bonds. The van der Waals surface area contributed by atoms with E-state index in [0.29, 0.717) is 5.02 Å². The highest BCUT2D eigenvalue weighted by atomic mass is 79.9. The number of halogens is 2. The molecule has 1 aromatic carbocycles. The van der Waals surface area contributed by atoms with Crippen LogP contribution in [0, 0.1) is 0 Å². The summed E-state index contributed by atoms with van der Waals surface area (Å²) in [6.07, 6.45) is 1.65. The van der Waals surface area contributed by atoms with Gasteiger partial charge in [0.05, 0.1) is 10.5 Å². The lowest BCUT2D eigenvalue weighted by Crippen LogP contribution is -1.94. The molecule has 1 aromatic heterocycles. The Morgan fingerprint density at radius 1 is 1.38 bits per heavy atom. The molecule has 13 heavy (non-hydrogen) atoms. The fraction of sp³-hybridized carbons (Fsp3) is 0. The maximum absolute atomic E-state index is 5.89. The molecule has 0 saturated carbocycles. The van der Waals surface area contributed by atoms with Crippen LogP contribution in [0.4, 0.5) is 5.95 Å². The normalized spacial score (nSPS) is 10.6. The minimum atomic E-state index is 0.265. The monoisotopic (exact) mass is 257 g/mol. The van der Waals surface area contributed by atoms with Crippen molar-refractivity contribution in [2.45, 2.75) is 0 Å². The molecule has 0 aliphatic carbocycles. The van der Waals surface area contributed by atoms with Crippen molar-refractivity contribution in [3.63, 3.8) is 0 Å². The summed E-state index contributed by atoms with van der Waals surface area (Å²) in [6, 6.07) is 3.57. The number of hydrogen-bond donors (Lipinski definition) is 1. The second-order valence-corrected chi connectivity index (χ2v) is 3.72. The van der Waals surface area contributed by atoms with Gasteiger partial charge in [-0.2, -0.15) is 0 Å². The average molecular weight is 259 g/mol. The number of aromatic nitrogens is 2. The van der Waals surface area contributed by atoms with E-state index in [1.54, 1.807) is 18.3 Å². The van der Waals surface area contributed by atoms with E-state index >= 15 is 0 Å². The van der Waals surface area contributed by atoms with Crippen molar-refractivity contribution < 1.29 is 0 Å². The minimum absolute atomic E-state index is 0.265. The predicted octanol–water partition coefficient (Wildman–Crippen LogP) is 2.63. The van der Waals surface area contributed by atoms with Gasteiger partial charge < -0.3 is 5.73 Å². The van der Waals surface area contributed by atoms with E-state index in [4.69, 9.17) is 17.3 Å². The maximum Gasteiger partial charge on any atom is 0.220 e. The standard InChI is InChI=1S/C8H5BrClN3/c9-7-4-3-12-8(11)13-6(4)2-1-5(7)10/h1-3H,(H2,11,12,13). The van der Waals surface area contributed by atoms with E-state index < -0.39 is 0 Å². The molecule has 3 nitrogen and oxygen atoms in total. The number of nitrogens with two attached hydrogens (primary N) is 1. The van der Waals surface area contributed by atoms with Gasteiger partial charge in [0, 0.05) is 16.1 Å².